The number of carbonyl (C=O) groups excluding carboxylic acids is 1. The first kappa shape index (κ1) is 26.5. The number of benzene rings is 3. The van der Waals surface area contributed by atoms with Gasteiger partial charge in [-0.1, -0.05) is 18.2 Å². The van der Waals surface area contributed by atoms with Gasteiger partial charge in [0.25, 0.3) is 5.91 Å². The van der Waals surface area contributed by atoms with Gasteiger partial charge in [-0.3, -0.25) is 4.79 Å². The lowest BCUT2D eigenvalue weighted by molar-refractivity contribution is -0.402. The number of nitrogens with one attached hydrogen (secondary N) is 1. The average Bonchev–Trinajstić information content (AvgIpc) is 3.43. The summed E-state index contributed by atoms with van der Waals surface area (Å²) in [5.41, 5.74) is 8.54. The summed E-state index contributed by atoms with van der Waals surface area (Å²) in [5.74, 6) is 1.93. The van der Waals surface area contributed by atoms with E-state index in [2.05, 4.69) is 21.3 Å². The number of carbonyl (C=O) groups is 1. The van der Waals surface area contributed by atoms with Crippen molar-refractivity contribution in [1.29, 1.82) is 0 Å². The molecule has 4 rings (SSSR count). The molecule has 1 atom stereocenters. The van der Waals surface area contributed by atoms with Crippen molar-refractivity contribution in [3.05, 3.63) is 71.3 Å². The highest BCUT2D eigenvalue weighted by Crippen LogP contribution is 2.43. The molecule has 0 spiro atoms. The summed E-state index contributed by atoms with van der Waals surface area (Å²) in [5, 5.41) is 21.1. The van der Waals surface area contributed by atoms with Crippen molar-refractivity contribution in [3.63, 3.8) is 0 Å². The van der Waals surface area contributed by atoms with Crippen LogP contribution in [-0.4, -0.2) is 52.0 Å². The molecule has 0 aliphatic carbocycles. The second-order valence-corrected chi connectivity index (χ2v) is 8.61. The van der Waals surface area contributed by atoms with Gasteiger partial charge in [0, 0.05) is 17.6 Å². The fraction of sp³-hybridized carbons (Fsp3) is 0.250. The number of quaternary nitrogens is 1. The molecule has 198 valence electrons. The van der Waals surface area contributed by atoms with E-state index in [1.54, 1.807) is 58.8 Å². The summed E-state index contributed by atoms with van der Waals surface area (Å²) >= 11 is 0. The second kappa shape index (κ2) is 11.7. The lowest BCUT2D eigenvalue weighted by Crippen LogP contribution is -2.67. The average molecular weight is 520 g/mol. The third-order valence-corrected chi connectivity index (χ3v) is 6.22. The van der Waals surface area contributed by atoms with Gasteiger partial charge >= 0.3 is 0 Å². The monoisotopic (exact) mass is 519 g/mol. The molecule has 1 aliphatic rings. The Morgan fingerprint density at radius 3 is 2.18 bits per heavy atom. The molecule has 0 radical (unpaired) electrons. The molecule has 0 saturated heterocycles. The van der Waals surface area contributed by atoms with Gasteiger partial charge in [-0.2, -0.15) is 10.2 Å². The molecule has 1 heterocycles. The van der Waals surface area contributed by atoms with E-state index in [1.807, 2.05) is 24.3 Å². The minimum Gasteiger partial charge on any atom is -0.508 e. The second-order valence-electron chi connectivity index (χ2n) is 8.61. The number of hydrogen-bond donors (Lipinski definition) is 3. The van der Waals surface area contributed by atoms with Crippen LogP contribution in [0.25, 0.3) is 11.3 Å². The predicted molar refractivity (Wildman–Crippen MR) is 143 cm³/mol. The number of hydrogen-bond acceptors (Lipinski definition) is 8. The molecule has 3 aromatic carbocycles. The Morgan fingerprint density at radius 2 is 1.58 bits per heavy atom. The zero-order valence-corrected chi connectivity index (χ0v) is 21.8. The van der Waals surface area contributed by atoms with E-state index in [-0.39, 0.29) is 11.7 Å². The molecule has 0 fully saturated rings. The Kier molecular flexibility index (Phi) is 8.12. The molecule has 3 aromatic rings. The molecule has 1 unspecified atom stereocenters. The highest BCUT2D eigenvalue weighted by molar-refractivity contribution is 5.98. The van der Waals surface area contributed by atoms with Crippen LogP contribution < -0.4 is 30.0 Å². The highest BCUT2D eigenvalue weighted by atomic mass is 16.5. The number of phenolic OH excluding ortho intramolecular Hbond substituents is 1. The Bertz CT molecular complexity index is 1360. The number of methoxy groups -OCH3 is 4. The van der Waals surface area contributed by atoms with E-state index in [1.165, 1.54) is 0 Å². The Morgan fingerprint density at radius 1 is 0.921 bits per heavy atom. The zero-order valence-electron chi connectivity index (χ0n) is 21.8. The zero-order chi connectivity index (χ0) is 27.2. The first-order chi connectivity index (χ1) is 18.4. The molecule has 0 bridgehead atoms. The first-order valence-electron chi connectivity index (χ1n) is 11.9. The topological polar surface area (TPSA) is 139 Å². The summed E-state index contributed by atoms with van der Waals surface area (Å²) in [6.07, 6.45) is 0.419. The van der Waals surface area contributed by atoms with Crippen molar-refractivity contribution < 1.29 is 34.6 Å². The number of ether oxygens (including phenoxy) is 4. The van der Waals surface area contributed by atoms with Gasteiger partial charge in [-0.25, -0.2) is 0 Å². The smallest absolute Gasteiger partial charge is 0.282 e. The van der Waals surface area contributed by atoms with Crippen LogP contribution in [0.5, 0.6) is 28.7 Å². The van der Waals surface area contributed by atoms with Gasteiger partial charge in [0.2, 0.25) is 5.75 Å². The van der Waals surface area contributed by atoms with Gasteiger partial charge < -0.3 is 35.1 Å². The van der Waals surface area contributed by atoms with E-state index < -0.39 is 6.04 Å². The molecule has 38 heavy (non-hydrogen) atoms. The minimum absolute atomic E-state index is 0.172. The van der Waals surface area contributed by atoms with Gasteiger partial charge in [-0.15, -0.1) is 0 Å². The summed E-state index contributed by atoms with van der Waals surface area (Å²) in [7, 11) is 6.21. The lowest BCUT2D eigenvalue weighted by atomic mass is 9.99. The van der Waals surface area contributed by atoms with Gasteiger partial charge in [-0.05, 0) is 47.5 Å². The number of nitrogens with zero attached hydrogens (tertiary/aromatic N) is 2. The summed E-state index contributed by atoms with van der Waals surface area (Å²) in [6.45, 7) is 0.366. The fourth-order valence-corrected chi connectivity index (χ4v) is 4.23. The van der Waals surface area contributed by atoms with Gasteiger partial charge in [0.15, 0.2) is 17.5 Å². The maximum absolute atomic E-state index is 13.0. The van der Waals surface area contributed by atoms with Crippen molar-refractivity contribution in [2.24, 2.45) is 10.2 Å². The van der Waals surface area contributed by atoms with Crippen LogP contribution >= 0.6 is 0 Å². The van der Waals surface area contributed by atoms with Gasteiger partial charge in [0.05, 0.1) is 46.4 Å². The van der Waals surface area contributed by atoms with E-state index in [0.29, 0.717) is 47.3 Å². The fourth-order valence-electron chi connectivity index (χ4n) is 4.23. The number of amides is 1. The van der Waals surface area contributed by atoms with Crippen molar-refractivity contribution in [3.8, 4) is 28.7 Å². The van der Waals surface area contributed by atoms with Crippen LogP contribution in [0.2, 0.25) is 0 Å². The molecule has 0 saturated carbocycles. The molecule has 10 nitrogen and oxygen atoms in total. The number of phenols is 1. The van der Waals surface area contributed by atoms with E-state index in [0.717, 1.165) is 22.3 Å². The summed E-state index contributed by atoms with van der Waals surface area (Å²) < 4.78 is 21.9. The van der Waals surface area contributed by atoms with Crippen LogP contribution in [0.1, 0.15) is 16.7 Å². The molecule has 5 N–H and O–H groups in total. The largest absolute Gasteiger partial charge is 0.508 e. The molecular formula is C28H31N4O6+. The highest BCUT2D eigenvalue weighted by Gasteiger charge is 2.23. The maximum atomic E-state index is 13.0. The SMILES string of the molecule is COc1ccc(C2=C(c3cc(OC)c(OC)c(OC)c3)N=NC2)cc1NC(=O)C([NH3+])Cc1ccc(O)cc1. The summed E-state index contributed by atoms with van der Waals surface area (Å²) in [4.78, 5) is 13.0. The van der Waals surface area contributed by atoms with Crippen LogP contribution in [0.3, 0.4) is 0 Å². The van der Waals surface area contributed by atoms with E-state index in [4.69, 9.17) is 18.9 Å². The van der Waals surface area contributed by atoms with Crippen molar-refractivity contribution in [2.45, 2.75) is 12.5 Å². The van der Waals surface area contributed by atoms with Crippen LogP contribution in [0.15, 0.2) is 64.8 Å². The lowest BCUT2D eigenvalue weighted by Gasteiger charge is -2.16. The quantitative estimate of drug-likeness (QED) is 0.374. The minimum atomic E-state index is -0.557. The van der Waals surface area contributed by atoms with E-state index >= 15 is 0 Å². The molecular weight excluding hydrogens is 488 g/mol. The van der Waals surface area contributed by atoms with E-state index in [9.17, 15) is 9.90 Å². The Hall–Kier alpha value is -4.57. The van der Waals surface area contributed by atoms with Crippen LogP contribution in [0, 0.1) is 0 Å². The van der Waals surface area contributed by atoms with Crippen molar-refractivity contribution in [2.75, 3.05) is 40.3 Å². The predicted octanol–water partition coefficient (Wildman–Crippen LogP) is 3.55. The normalized spacial score (nSPS) is 13.3. The number of rotatable bonds is 10. The van der Waals surface area contributed by atoms with Gasteiger partial charge in [0.1, 0.15) is 11.5 Å². The number of anilines is 1. The molecule has 0 aromatic heterocycles. The molecule has 1 amide bonds. The van der Waals surface area contributed by atoms with Crippen molar-refractivity contribution >= 4 is 22.9 Å². The Balaban J connectivity index is 1.64. The molecule has 10 heteroatoms. The van der Waals surface area contributed by atoms with Crippen LogP contribution in [0.4, 0.5) is 5.69 Å². The Labute approximate surface area is 220 Å². The first-order valence-corrected chi connectivity index (χ1v) is 11.9. The third-order valence-electron chi connectivity index (χ3n) is 6.22. The van der Waals surface area contributed by atoms with Crippen LogP contribution in [-0.2, 0) is 11.2 Å². The number of aromatic hydroxyl groups is 1. The summed E-state index contributed by atoms with van der Waals surface area (Å²) in [6, 6.07) is 15.3. The van der Waals surface area contributed by atoms with Crippen molar-refractivity contribution in [1.82, 2.24) is 0 Å². The third kappa shape index (κ3) is 5.55. The molecule has 1 aliphatic heterocycles. The standard InChI is InChI=1S/C28H30N4O6/c1-35-23-10-7-17(12-22(23)31-28(34)21(29)11-16-5-8-19(33)9-6-16)20-15-30-32-26(20)18-13-24(36-2)27(38-4)25(14-18)37-3/h5-10,12-14,21,33H,11,15,29H2,1-4H3,(H,31,34)/p+1. The maximum Gasteiger partial charge on any atom is 0.282 e. The number of azo groups is 1.